The third-order valence-corrected chi connectivity index (χ3v) is 4.83. The number of anilines is 1. The first-order chi connectivity index (χ1) is 12.2. The zero-order chi connectivity index (χ0) is 17.5. The molecule has 6 heteroatoms. The lowest BCUT2D eigenvalue weighted by Gasteiger charge is -2.26. The number of hydrogen-bond donors (Lipinski definition) is 2. The van der Waals surface area contributed by atoms with Gasteiger partial charge in [-0.1, -0.05) is 0 Å². The monoisotopic (exact) mass is 345 g/mol. The van der Waals surface area contributed by atoms with E-state index in [9.17, 15) is 9.59 Å². The highest BCUT2D eigenvalue weighted by atomic mass is 16.5. The van der Waals surface area contributed by atoms with Gasteiger partial charge in [0.25, 0.3) is 0 Å². The molecule has 3 amide bonds. The molecule has 0 aromatic heterocycles. The van der Waals surface area contributed by atoms with E-state index in [2.05, 4.69) is 10.6 Å². The number of urea groups is 1. The van der Waals surface area contributed by atoms with Gasteiger partial charge in [-0.05, 0) is 69.2 Å². The number of rotatable bonds is 5. The van der Waals surface area contributed by atoms with Crippen LogP contribution in [-0.2, 0) is 4.79 Å². The lowest BCUT2D eigenvalue weighted by molar-refractivity contribution is -0.130. The Morgan fingerprint density at radius 3 is 2.36 bits per heavy atom. The number of benzene rings is 1. The number of carbonyl (C=O) groups is 2. The van der Waals surface area contributed by atoms with E-state index in [0.29, 0.717) is 11.8 Å². The van der Waals surface area contributed by atoms with Crippen LogP contribution in [0.3, 0.4) is 0 Å². The van der Waals surface area contributed by atoms with Crippen LogP contribution in [0.4, 0.5) is 10.5 Å². The molecule has 1 aromatic rings. The van der Waals surface area contributed by atoms with Crippen LogP contribution >= 0.6 is 0 Å². The predicted molar refractivity (Wildman–Crippen MR) is 96.8 cm³/mol. The van der Waals surface area contributed by atoms with Crippen LogP contribution in [-0.4, -0.2) is 42.6 Å². The van der Waals surface area contributed by atoms with Gasteiger partial charge in [0, 0.05) is 18.8 Å². The molecule has 1 saturated carbocycles. The standard InChI is InChI=1S/C19H27N3O3/c23-18(22-12-4-1-5-13-22)14-20-19(24)21-15-8-10-17(11-9-15)25-16-6-2-3-7-16/h8-11,16H,1-7,12-14H2,(H2,20,21,24). The molecule has 25 heavy (non-hydrogen) atoms. The number of ether oxygens (including phenoxy) is 1. The van der Waals surface area contributed by atoms with E-state index in [1.807, 2.05) is 29.2 Å². The molecule has 1 aliphatic carbocycles. The first kappa shape index (κ1) is 17.6. The Morgan fingerprint density at radius 2 is 1.68 bits per heavy atom. The summed E-state index contributed by atoms with van der Waals surface area (Å²) in [5, 5.41) is 5.37. The van der Waals surface area contributed by atoms with Crippen molar-refractivity contribution in [3.63, 3.8) is 0 Å². The first-order valence-electron chi connectivity index (χ1n) is 9.30. The molecule has 1 heterocycles. The van der Waals surface area contributed by atoms with Gasteiger partial charge < -0.3 is 20.3 Å². The van der Waals surface area contributed by atoms with Crippen LogP contribution in [0.25, 0.3) is 0 Å². The zero-order valence-electron chi connectivity index (χ0n) is 14.6. The number of piperidine rings is 1. The second kappa shape index (κ2) is 8.74. The molecule has 0 bridgehead atoms. The molecule has 1 aromatic carbocycles. The lowest BCUT2D eigenvalue weighted by atomic mass is 10.1. The van der Waals surface area contributed by atoms with Crippen molar-refractivity contribution in [2.45, 2.75) is 51.0 Å². The highest BCUT2D eigenvalue weighted by molar-refractivity contribution is 5.92. The predicted octanol–water partition coefficient (Wildman–Crippen LogP) is 3.14. The SMILES string of the molecule is O=C(NCC(=O)N1CCCCC1)Nc1ccc(OC2CCCC2)cc1. The smallest absolute Gasteiger partial charge is 0.319 e. The highest BCUT2D eigenvalue weighted by Crippen LogP contribution is 2.24. The van der Waals surface area contributed by atoms with E-state index in [4.69, 9.17) is 4.74 Å². The van der Waals surface area contributed by atoms with E-state index in [-0.39, 0.29) is 18.5 Å². The van der Waals surface area contributed by atoms with Crippen molar-refractivity contribution in [3.05, 3.63) is 24.3 Å². The van der Waals surface area contributed by atoms with Crippen LogP contribution < -0.4 is 15.4 Å². The van der Waals surface area contributed by atoms with E-state index in [1.165, 1.54) is 19.3 Å². The van der Waals surface area contributed by atoms with Gasteiger partial charge in [0.05, 0.1) is 12.6 Å². The summed E-state index contributed by atoms with van der Waals surface area (Å²) in [5.41, 5.74) is 0.682. The number of likely N-dealkylation sites (tertiary alicyclic amines) is 1. The van der Waals surface area contributed by atoms with Crippen molar-refractivity contribution in [1.82, 2.24) is 10.2 Å². The summed E-state index contributed by atoms with van der Waals surface area (Å²) in [4.78, 5) is 25.8. The summed E-state index contributed by atoms with van der Waals surface area (Å²) in [5.74, 6) is 0.813. The minimum Gasteiger partial charge on any atom is -0.490 e. The van der Waals surface area contributed by atoms with Gasteiger partial charge in [-0.3, -0.25) is 4.79 Å². The van der Waals surface area contributed by atoms with Crippen LogP contribution in [0, 0.1) is 0 Å². The topological polar surface area (TPSA) is 70.7 Å². The molecule has 136 valence electrons. The highest BCUT2D eigenvalue weighted by Gasteiger charge is 2.17. The maximum absolute atomic E-state index is 12.0. The van der Waals surface area contributed by atoms with Crippen molar-refractivity contribution < 1.29 is 14.3 Å². The summed E-state index contributed by atoms with van der Waals surface area (Å²) in [7, 11) is 0. The molecule has 1 aliphatic heterocycles. The average molecular weight is 345 g/mol. The lowest BCUT2D eigenvalue weighted by Crippen LogP contribution is -2.43. The third kappa shape index (κ3) is 5.37. The molecule has 1 saturated heterocycles. The number of hydrogen-bond acceptors (Lipinski definition) is 3. The normalized spacial score (nSPS) is 18.0. The Hall–Kier alpha value is -2.24. The molecule has 0 unspecified atom stereocenters. The molecule has 2 N–H and O–H groups in total. The first-order valence-corrected chi connectivity index (χ1v) is 9.30. The van der Waals surface area contributed by atoms with Crippen molar-refractivity contribution in [2.24, 2.45) is 0 Å². The van der Waals surface area contributed by atoms with Crippen LogP contribution in [0.1, 0.15) is 44.9 Å². The second-order valence-electron chi connectivity index (χ2n) is 6.80. The van der Waals surface area contributed by atoms with E-state index < -0.39 is 0 Å². The van der Waals surface area contributed by atoms with E-state index >= 15 is 0 Å². The van der Waals surface area contributed by atoms with E-state index in [0.717, 1.165) is 44.5 Å². The Kier molecular flexibility index (Phi) is 6.14. The minimum absolute atomic E-state index is 0.0184. The number of carbonyl (C=O) groups excluding carboxylic acids is 2. The van der Waals surface area contributed by atoms with Crippen LogP contribution in [0.2, 0.25) is 0 Å². The third-order valence-electron chi connectivity index (χ3n) is 4.83. The summed E-state index contributed by atoms with van der Waals surface area (Å²) in [6.07, 6.45) is 8.31. The Morgan fingerprint density at radius 1 is 1.00 bits per heavy atom. The van der Waals surface area contributed by atoms with Gasteiger partial charge in [0.1, 0.15) is 5.75 Å². The fourth-order valence-electron chi connectivity index (χ4n) is 3.40. The molecular weight excluding hydrogens is 318 g/mol. The number of nitrogens with zero attached hydrogens (tertiary/aromatic N) is 1. The zero-order valence-corrected chi connectivity index (χ0v) is 14.6. The molecule has 2 aliphatic rings. The quantitative estimate of drug-likeness (QED) is 0.861. The molecular formula is C19H27N3O3. The van der Waals surface area contributed by atoms with Crippen molar-refractivity contribution in [2.75, 3.05) is 25.0 Å². The van der Waals surface area contributed by atoms with Crippen molar-refractivity contribution in [1.29, 1.82) is 0 Å². The molecule has 0 spiro atoms. The summed E-state index contributed by atoms with van der Waals surface area (Å²) in [6, 6.07) is 7.00. The second-order valence-corrected chi connectivity index (χ2v) is 6.80. The maximum atomic E-state index is 12.0. The number of amides is 3. The van der Waals surface area contributed by atoms with Gasteiger partial charge in [0.15, 0.2) is 0 Å². The summed E-state index contributed by atoms with van der Waals surface area (Å²) in [6.45, 7) is 1.63. The van der Waals surface area contributed by atoms with Gasteiger partial charge in [-0.15, -0.1) is 0 Å². The van der Waals surface area contributed by atoms with Gasteiger partial charge in [-0.25, -0.2) is 4.79 Å². The number of nitrogens with one attached hydrogen (secondary N) is 2. The molecule has 6 nitrogen and oxygen atoms in total. The molecule has 0 radical (unpaired) electrons. The van der Waals surface area contributed by atoms with Crippen LogP contribution in [0.5, 0.6) is 5.75 Å². The van der Waals surface area contributed by atoms with Crippen molar-refractivity contribution >= 4 is 17.6 Å². The van der Waals surface area contributed by atoms with E-state index in [1.54, 1.807) is 0 Å². The van der Waals surface area contributed by atoms with Gasteiger partial charge in [0.2, 0.25) is 5.91 Å². The van der Waals surface area contributed by atoms with Gasteiger partial charge >= 0.3 is 6.03 Å². The Balaban J connectivity index is 1.40. The Labute approximate surface area is 148 Å². The average Bonchev–Trinajstić information content (AvgIpc) is 3.15. The Bertz CT molecular complexity index is 576. The summed E-state index contributed by atoms with van der Waals surface area (Å²) >= 11 is 0. The molecule has 3 rings (SSSR count). The van der Waals surface area contributed by atoms with Crippen molar-refractivity contribution in [3.8, 4) is 5.75 Å². The van der Waals surface area contributed by atoms with Gasteiger partial charge in [-0.2, -0.15) is 0 Å². The largest absolute Gasteiger partial charge is 0.490 e. The fourth-order valence-corrected chi connectivity index (χ4v) is 3.40. The van der Waals surface area contributed by atoms with Crippen LogP contribution in [0.15, 0.2) is 24.3 Å². The molecule has 2 fully saturated rings. The minimum atomic E-state index is -0.366. The molecule has 0 atom stereocenters. The maximum Gasteiger partial charge on any atom is 0.319 e. The summed E-state index contributed by atoms with van der Waals surface area (Å²) < 4.78 is 5.90. The fraction of sp³-hybridized carbons (Fsp3) is 0.579.